The summed E-state index contributed by atoms with van der Waals surface area (Å²) in [5, 5.41) is 0. The van der Waals surface area contributed by atoms with Crippen LogP contribution in [0.4, 0.5) is 4.79 Å². The molecule has 0 amide bonds. The largest absolute Gasteiger partial charge is 0.519 e. The highest BCUT2D eigenvalue weighted by molar-refractivity contribution is 5.92. The quantitative estimate of drug-likeness (QED) is 0.0567. The van der Waals surface area contributed by atoms with Crippen LogP contribution in [0.1, 0.15) is 148 Å². The Hall–Kier alpha value is -8.73. The van der Waals surface area contributed by atoms with Crippen molar-refractivity contribution in [2.75, 3.05) is 0 Å². The Balaban J connectivity index is 0.000000176. The lowest BCUT2D eigenvalue weighted by Crippen LogP contribution is -2.29. The maximum atomic E-state index is 12.4. The minimum atomic E-state index is -0.903. The maximum absolute atomic E-state index is 12.4. The van der Waals surface area contributed by atoms with Crippen LogP contribution in [-0.2, 0) is 9.59 Å². The lowest BCUT2D eigenvalue weighted by molar-refractivity contribution is -0.144. The van der Waals surface area contributed by atoms with Crippen molar-refractivity contribution < 1.29 is 80.8 Å². The van der Waals surface area contributed by atoms with Gasteiger partial charge in [-0.05, 0) is 168 Å². The van der Waals surface area contributed by atoms with Gasteiger partial charge >= 0.3 is 30.0 Å². The second-order valence-electron chi connectivity index (χ2n) is 22.1. The molecule has 3 aliphatic heterocycles. The number of esters is 4. The lowest BCUT2D eigenvalue weighted by Gasteiger charge is -2.20. The molecule has 0 radical (unpaired) electrons. The van der Waals surface area contributed by atoms with Crippen LogP contribution < -0.4 is 56.8 Å². The van der Waals surface area contributed by atoms with Crippen molar-refractivity contribution in [1.29, 1.82) is 0 Å². The average Bonchev–Trinajstić information content (AvgIpc) is 4.10. The first-order valence-corrected chi connectivity index (χ1v) is 26.7. The lowest BCUT2D eigenvalue weighted by atomic mass is 9.91. The number of rotatable bonds is 14. The molecule has 0 aliphatic carbocycles. The van der Waals surface area contributed by atoms with Crippen LogP contribution in [0.25, 0.3) is 0 Å². The van der Waals surface area contributed by atoms with E-state index < -0.39 is 46.3 Å². The summed E-state index contributed by atoms with van der Waals surface area (Å²) in [7, 11) is 0. The molecule has 428 valence electrons. The third-order valence-electron chi connectivity index (χ3n) is 13.2. The number of hydrogen-bond acceptors (Lipinski definition) is 17. The molecule has 6 aromatic carbocycles. The van der Waals surface area contributed by atoms with Gasteiger partial charge in [-0.3, -0.25) is 9.59 Å². The number of carbonyl (C=O) groups is 5. The first-order valence-electron chi connectivity index (χ1n) is 26.7. The Bertz CT molecular complexity index is 3240. The Morgan fingerprint density at radius 1 is 0.395 bits per heavy atom. The molecule has 0 N–H and O–H groups in total. The fraction of sp³-hybridized carbons (Fsp3) is 0.359. The van der Waals surface area contributed by atoms with E-state index in [4.69, 9.17) is 56.8 Å². The van der Waals surface area contributed by atoms with Crippen molar-refractivity contribution in [3.05, 3.63) is 144 Å². The molecule has 3 heterocycles. The smallest absolute Gasteiger partial charge is 0.449 e. The van der Waals surface area contributed by atoms with E-state index in [1.807, 2.05) is 79.7 Å². The van der Waals surface area contributed by atoms with Gasteiger partial charge in [-0.25, -0.2) is 14.4 Å². The average molecular weight is 1110 g/mol. The van der Waals surface area contributed by atoms with Gasteiger partial charge in [0.15, 0.2) is 34.5 Å². The Morgan fingerprint density at radius 3 is 1.06 bits per heavy atom. The van der Waals surface area contributed by atoms with Crippen molar-refractivity contribution >= 4 is 30.0 Å². The van der Waals surface area contributed by atoms with Crippen molar-refractivity contribution in [2.45, 2.75) is 139 Å². The SMILES string of the molecule is CCC(C)(C)C(=O)Oc1ccc(OC(=O)Oc2ccc3c(c2)OC(C)(C)O3)cc1.CCC(C)(C)C(=O)Oc1ccc(OC(=O)c2ccc3c(c2)OC(C)(C)O3)cc1.CCC(C)c1ccc(OC(=O)c2ccc3c(c2)OC(C)(C)O3)cc1. The standard InChI is InChI=1S/C22H24O7.C22H24O6.C20H22O4/c1-6-21(2,3)19(23)25-14-7-9-15(10-8-14)26-20(24)27-16-11-12-17-18(13-16)29-22(4,5)28-17;1-6-21(2,3)20(24)26-16-10-8-15(9-11-16)25-19(23)14-7-12-17-18(13-14)28-22(4,5)27-17;1-5-13(2)14-6-9-16(10-7-14)22-19(21)15-8-11-17-18(12-15)24-20(3,4)23-17/h7-13H,6H2,1-5H3;7-13H,6H2,1-5H3;6-13H,5H2,1-4H3. The normalized spacial score (nSPS) is 14.8. The minimum absolute atomic E-state index is 0.256. The van der Waals surface area contributed by atoms with Gasteiger partial charge in [0.1, 0.15) is 34.5 Å². The Morgan fingerprint density at radius 2 is 0.691 bits per heavy atom. The molecule has 0 saturated carbocycles. The molecule has 0 aromatic heterocycles. The van der Waals surface area contributed by atoms with Gasteiger partial charge in [0.2, 0.25) is 17.4 Å². The molecule has 17 nitrogen and oxygen atoms in total. The van der Waals surface area contributed by atoms with Crippen LogP contribution in [0.3, 0.4) is 0 Å². The summed E-state index contributed by atoms with van der Waals surface area (Å²) in [6, 6.07) is 34.9. The number of benzene rings is 6. The first-order chi connectivity index (χ1) is 38.0. The van der Waals surface area contributed by atoms with Crippen molar-refractivity contribution in [2.24, 2.45) is 10.8 Å². The van der Waals surface area contributed by atoms with Crippen LogP contribution in [0, 0.1) is 10.8 Å². The summed E-state index contributed by atoms with van der Waals surface area (Å²) < 4.78 is 65.6. The molecule has 9 rings (SSSR count). The number of carbonyl (C=O) groups excluding carboxylic acids is 5. The third kappa shape index (κ3) is 16.0. The van der Waals surface area contributed by atoms with Gasteiger partial charge in [-0.15, -0.1) is 0 Å². The van der Waals surface area contributed by atoms with Gasteiger partial charge < -0.3 is 56.8 Å². The van der Waals surface area contributed by atoms with Crippen LogP contribution in [0.5, 0.6) is 69.0 Å². The van der Waals surface area contributed by atoms with E-state index in [0.717, 1.165) is 6.42 Å². The highest BCUT2D eigenvalue weighted by atomic mass is 16.7. The topological polar surface area (TPSA) is 196 Å². The summed E-state index contributed by atoms with van der Waals surface area (Å²) >= 11 is 0. The van der Waals surface area contributed by atoms with E-state index >= 15 is 0 Å². The van der Waals surface area contributed by atoms with Gasteiger partial charge in [-0.1, -0.05) is 39.8 Å². The van der Waals surface area contributed by atoms with Gasteiger partial charge in [0, 0.05) is 47.6 Å². The fourth-order valence-electron chi connectivity index (χ4n) is 7.54. The predicted octanol–water partition coefficient (Wildman–Crippen LogP) is 14.8. The zero-order chi connectivity index (χ0) is 59.1. The predicted molar refractivity (Wildman–Crippen MR) is 299 cm³/mol. The van der Waals surface area contributed by atoms with E-state index in [-0.39, 0.29) is 23.4 Å². The van der Waals surface area contributed by atoms with Crippen molar-refractivity contribution in [1.82, 2.24) is 0 Å². The number of hydrogen-bond donors (Lipinski definition) is 0. The molecule has 81 heavy (non-hydrogen) atoms. The van der Waals surface area contributed by atoms with Crippen LogP contribution in [0.15, 0.2) is 127 Å². The molecule has 3 aliphatic rings. The molecule has 0 saturated heterocycles. The second-order valence-corrected chi connectivity index (χ2v) is 22.1. The van der Waals surface area contributed by atoms with Crippen LogP contribution >= 0.6 is 0 Å². The number of ether oxygens (including phenoxy) is 12. The highest BCUT2D eigenvalue weighted by Crippen LogP contribution is 2.43. The van der Waals surface area contributed by atoms with E-state index in [9.17, 15) is 24.0 Å². The molecular formula is C64H70O17. The van der Waals surface area contributed by atoms with Crippen molar-refractivity contribution in [3.8, 4) is 69.0 Å². The van der Waals surface area contributed by atoms with Gasteiger partial charge in [0.25, 0.3) is 0 Å². The zero-order valence-electron chi connectivity index (χ0n) is 48.3. The second kappa shape index (κ2) is 24.3. The van der Waals surface area contributed by atoms with Gasteiger partial charge in [0.05, 0.1) is 22.0 Å². The fourth-order valence-corrected chi connectivity index (χ4v) is 7.54. The molecule has 0 bridgehead atoms. The molecule has 1 atom stereocenters. The summed E-state index contributed by atoms with van der Waals surface area (Å²) in [5.41, 5.74) is 0.890. The molecule has 0 spiro atoms. The molecule has 17 heteroatoms. The third-order valence-corrected chi connectivity index (χ3v) is 13.2. The molecular weight excluding hydrogens is 1040 g/mol. The summed E-state index contributed by atoms with van der Waals surface area (Å²) in [6.07, 6.45) is 1.51. The summed E-state index contributed by atoms with van der Waals surface area (Å²) in [5.74, 6) is 2.21. The minimum Gasteiger partial charge on any atom is -0.449 e. The molecule has 0 fully saturated rings. The zero-order valence-corrected chi connectivity index (χ0v) is 48.3. The summed E-state index contributed by atoms with van der Waals surface area (Å²) in [6.45, 7) is 26.3. The number of fused-ring (bicyclic) bond motifs is 3. The maximum Gasteiger partial charge on any atom is 0.519 e. The van der Waals surface area contributed by atoms with E-state index in [2.05, 4.69) is 13.8 Å². The van der Waals surface area contributed by atoms with E-state index in [1.54, 1.807) is 119 Å². The Labute approximate surface area is 472 Å². The highest BCUT2D eigenvalue weighted by Gasteiger charge is 2.35. The van der Waals surface area contributed by atoms with Crippen LogP contribution in [-0.4, -0.2) is 47.4 Å². The molecule has 1 unspecified atom stereocenters. The van der Waals surface area contributed by atoms with E-state index in [1.165, 1.54) is 17.7 Å². The molecule has 6 aromatic rings. The van der Waals surface area contributed by atoms with E-state index in [0.29, 0.717) is 87.4 Å². The van der Waals surface area contributed by atoms with Crippen LogP contribution in [0.2, 0.25) is 0 Å². The summed E-state index contributed by atoms with van der Waals surface area (Å²) in [4.78, 5) is 61.0. The van der Waals surface area contributed by atoms with Gasteiger partial charge in [-0.2, -0.15) is 0 Å². The first kappa shape index (κ1) is 59.9. The van der Waals surface area contributed by atoms with Crippen molar-refractivity contribution in [3.63, 3.8) is 0 Å². The Kier molecular flexibility index (Phi) is 18.0. The monoisotopic (exact) mass is 1110 g/mol.